The van der Waals surface area contributed by atoms with Crippen molar-refractivity contribution < 1.29 is 19.1 Å². The molecule has 2 aliphatic carbocycles. The zero-order valence-electron chi connectivity index (χ0n) is 18.5. The molecular formula is C24H35NO4. The lowest BCUT2D eigenvalue weighted by Crippen LogP contribution is -2.50. The Bertz CT molecular complexity index is 823. The lowest BCUT2D eigenvalue weighted by molar-refractivity contribution is -0.159. The highest BCUT2D eigenvalue weighted by molar-refractivity contribution is 5.75. The van der Waals surface area contributed by atoms with Crippen LogP contribution in [-0.2, 0) is 22.6 Å². The molecule has 0 unspecified atom stereocenters. The van der Waals surface area contributed by atoms with Gasteiger partial charge in [0.1, 0.15) is 5.76 Å². The summed E-state index contributed by atoms with van der Waals surface area (Å²) in [6, 6.07) is 2.00. The van der Waals surface area contributed by atoms with E-state index < -0.39 is 11.4 Å². The van der Waals surface area contributed by atoms with Gasteiger partial charge in [-0.15, -0.1) is 0 Å². The molecule has 1 amide bonds. The van der Waals surface area contributed by atoms with Crippen molar-refractivity contribution in [1.82, 2.24) is 4.90 Å². The highest BCUT2D eigenvalue weighted by Gasteiger charge is 2.55. The van der Waals surface area contributed by atoms with Gasteiger partial charge in [0.2, 0.25) is 5.91 Å². The van der Waals surface area contributed by atoms with Crippen LogP contribution in [0.1, 0.15) is 77.5 Å². The number of carbonyl (C=O) groups excluding carboxylic acids is 1. The Balaban J connectivity index is 1.82. The largest absolute Gasteiger partial charge is 0.481 e. The molecule has 0 aliphatic heterocycles. The molecule has 3 rings (SSSR count). The number of allylic oxidation sites excluding steroid dienone is 2. The van der Waals surface area contributed by atoms with E-state index in [1.54, 1.807) is 25.1 Å². The summed E-state index contributed by atoms with van der Waals surface area (Å²) in [5.74, 6) is 0.408. The monoisotopic (exact) mass is 401 g/mol. The van der Waals surface area contributed by atoms with Crippen molar-refractivity contribution in [2.75, 3.05) is 7.05 Å². The molecule has 0 saturated heterocycles. The third-order valence-corrected chi connectivity index (χ3v) is 7.83. The number of aliphatic carboxylic acids is 1. The van der Waals surface area contributed by atoms with Crippen molar-refractivity contribution in [2.45, 2.75) is 79.2 Å². The number of hydrogen-bond donors (Lipinski definition) is 1. The van der Waals surface area contributed by atoms with E-state index in [0.717, 1.165) is 56.3 Å². The first-order valence-corrected chi connectivity index (χ1v) is 10.8. The Morgan fingerprint density at radius 3 is 2.66 bits per heavy atom. The first-order chi connectivity index (χ1) is 13.6. The summed E-state index contributed by atoms with van der Waals surface area (Å²) < 4.78 is 5.66. The molecule has 1 heterocycles. The number of hydrogen-bond acceptors (Lipinski definition) is 3. The number of rotatable bonds is 6. The van der Waals surface area contributed by atoms with Crippen LogP contribution in [0.5, 0.6) is 0 Å². The molecular weight excluding hydrogens is 366 g/mol. The van der Waals surface area contributed by atoms with Crippen molar-refractivity contribution in [3.63, 3.8) is 0 Å². The van der Waals surface area contributed by atoms with E-state index in [9.17, 15) is 14.7 Å². The van der Waals surface area contributed by atoms with Gasteiger partial charge in [-0.3, -0.25) is 9.59 Å². The normalized spacial score (nSPS) is 29.5. The van der Waals surface area contributed by atoms with Crippen LogP contribution in [0.3, 0.4) is 0 Å². The molecule has 1 saturated carbocycles. The Morgan fingerprint density at radius 2 is 2.00 bits per heavy atom. The van der Waals surface area contributed by atoms with Crippen molar-refractivity contribution in [3.05, 3.63) is 34.8 Å². The van der Waals surface area contributed by atoms with Gasteiger partial charge in [0.15, 0.2) is 0 Å². The van der Waals surface area contributed by atoms with Gasteiger partial charge in [0.25, 0.3) is 0 Å². The Morgan fingerprint density at radius 1 is 1.28 bits per heavy atom. The van der Waals surface area contributed by atoms with Crippen LogP contribution in [0.15, 0.2) is 27.9 Å². The number of amides is 1. The SMILES string of the molecule is CC(=O)N(C)Cc1occc1CCC1=C(C)CC[C@H]2[C@@](C)(C(=O)O)CCC[C@]12C. The molecule has 1 fully saturated rings. The van der Waals surface area contributed by atoms with Crippen LogP contribution < -0.4 is 0 Å². The Hall–Kier alpha value is -2.04. The predicted molar refractivity (Wildman–Crippen MR) is 112 cm³/mol. The van der Waals surface area contributed by atoms with E-state index in [0.29, 0.717) is 6.54 Å². The molecule has 2 aliphatic rings. The summed E-state index contributed by atoms with van der Waals surface area (Å²) in [5.41, 5.74) is 3.34. The van der Waals surface area contributed by atoms with Gasteiger partial charge in [0, 0.05) is 14.0 Å². The number of carboxylic acids is 1. The van der Waals surface area contributed by atoms with E-state index in [2.05, 4.69) is 13.8 Å². The number of carbonyl (C=O) groups is 2. The molecule has 3 atom stereocenters. The van der Waals surface area contributed by atoms with Gasteiger partial charge in [-0.1, -0.05) is 24.5 Å². The molecule has 0 radical (unpaired) electrons. The molecule has 1 N–H and O–H groups in total. The topological polar surface area (TPSA) is 70.8 Å². The van der Waals surface area contributed by atoms with Gasteiger partial charge < -0.3 is 14.4 Å². The number of furan rings is 1. The van der Waals surface area contributed by atoms with Crippen LogP contribution >= 0.6 is 0 Å². The quantitative estimate of drug-likeness (QED) is 0.665. The Kier molecular flexibility index (Phi) is 5.98. The summed E-state index contributed by atoms with van der Waals surface area (Å²) >= 11 is 0. The highest BCUT2D eigenvalue weighted by Crippen LogP contribution is 2.60. The summed E-state index contributed by atoms with van der Waals surface area (Å²) in [7, 11) is 1.78. The fourth-order valence-corrected chi connectivity index (χ4v) is 5.94. The minimum absolute atomic E-state index is 0.0173. The van der Waals surface area contributed by atoms with Crippen molar-refractivity contribution in [2.24, 2.45) is 16.7 Å². The maximum atomic E-state index is 12.1. The maximum absolute atomic E-state index is 12.1. The number of carboxylic acid groups (broad SMARTS) is 1. The third-order valence-electron chi connectivity index (χ3n) is 7.83. The molecule has 5 heteroatoms. The predicted octanol–water partition coefficient (Wildman–Crippen LogP) is 5.20. The molecule has 5 nitrogen and oxygen atoms in total. The molecule has 1 aromatic heterocycles. The molecule has 0 spiro atoms. The second kappa shape index (κ2) is 8.00. The fraction of sp³-hybridized carbons (Fsp3) is 0.667. The van der Waals surface area contributed by atoms with Gasteiger partial charge in [-0.05, 0) is 75.3 Å². The summed E-state index contributed by atoms with van der Waals surface area (Å²) in [6.45, 7) is 8.52. The standard InChI is InChI=1S/C24H35NO4/c1-16-7-10-21-23(3,12-6-13-24(21,4)22(27)28)19(16)9-8-18-11-14-29-20(18)15-25(5)17(2)26/h11,14,21H,6-10,12-13,15H2,1-5H3,(H,27,28)/t21-,23-,24+/m1/s1. The van der Waals surface area contributed by atoms with Crippen LogP contribution in [0.4, 0.5) is 0 Å². The second-order valence-corrected chi connectivity index (χ2v) is 9.59. The summed E-state index contributed by atoms with van der Waals surface area (Å²) in [4.78, 5) is 25.4. The Labute approximate surface area is 174 Å². The molecule has 0 aromatic carbocycles. The van der Waals surface area contributed by atoms with E-state index in [1.165, 1.54) is 11.1 Å². The summed E-state index contributed by atoms with van der Waals surface area (Å²) in [6.07, 6.45) is 8.25. The van der Waals surface area contributed by atoms with Crippen LogP contribution in [0, 0.1) is 16.7 Å². The van der Waals surface area contributed by atoms with Crippen LogP contribution in [-0.4, -0.2) is 28.9 Å². The molecule has 29 heavy (non-hydrogen) atoms. The minimum Gasteiger partial charge on any atom is -0.481 e. The number of aryl methyl sites for hydroxylation is 1. The van der Waals surface area contributed by atoms with E-state index in [-0.39, 0.29) is 17.2 Å². The highest BCUT2D eigenvalue weighted by atomic mass is 16.4. The first kappa shape index (κ1) is 21.7. The lowest BCUT2D eigenvalue weighted by Gasteiger charge is -2.54. The van der Waals surface area contributed by atoms with E-state index in [1.807, 2.05) is 13.0 Å². The maximum Gasteiger partial charge on any atom is 0.309 e. The van der Waals surface area contributed by atoms with E-state index >= 15 is 0 Å². The van der Waals surface area contributed by atoms with Crippen LogP contribution in [0.25, 0.3) is 0 Å². The zero-order chi connectivity index (χ0) is 21.4. The third kappa shape index (κ3) is 3.88. The van der Waals surface area contributed by atoms with Crippen molar-refractivity contribution in [1.29, 1.82) is 0 Å². The van der Waals surface area contributed by atoms with Gasteiger partial charge in [0.05, 0.1) is 18.2 Å². The average Bonchev–Trinajstić information content (AvgIpc) is 3.07. The first-order valence-electron chi connectivity index (χ1n) is 10.8. The number of nitrogens with zero attached hydrogens (tertiary/aromatic N) is 1. The lowest BCUT2D eigenvalue weighted by atomic mass is 9.49. The minimum atomic E-state index is -0.642. The molecule has 1 aromatic rings. The average molecular weight is 402 g/mol. The zero-order valence-corrected chi connectivity index (χ0v) is 18.5. The second-order valence-electron chi connectivity index (χ2n) is 9.59. The van der Waals surface area contributed by atoms with Gasteiger partial charge >= 0.3 is 5.97 Å². The van der Waals surface area contributed by atoms with Crippen molar-refractivity contribution >= 4 is 11.9 Å². The van der Waals surface area contributed by atoms with Crippen molar-refractivity contribution in [3.8, 4) is 0 Å². The number of fused-ring (bicyclic) bond motifs is 1. The van der Waals surface area contributed by atoms with Gasteiger partial charge in [-0.25, -0.2) is 0 Å². The van der Waals surface area contributed by atoms with E-state index in [4.69, 9.17) is 4.42 Å². The fourth-order valence-electron chi connectivity index (χ4n) is 5.94. The molecule has 0 bridgehead atoms. The summed E-state index contributed by atoms with van der Waals surface area (Å²) in [5, 5.41) is 9.99. The smallest absolute Gasteiger partial charge is 0.309 e. The molecule has 160 valence electrons. The van der Waals surface area contributed by atoms with Crippen LogP contribution in [0.2, 0.25) is 0 Å². The van der Waals surface area contributed by atoms with Gasteiger partial charge in [-0.2, -0.15) is 0 Å².